The molecule has 0 aliphatic carbocycles. The maximum Gasteiger partial charge on any atom is 0.254 e. The van der Waals surface area contributed by atoms with Gasteiger partial charge < -0.3 is 10.1 Å². The van der Waals surface area contributed by atoms with Gasteiger partial charge in [-0.15, -0.1) is 0 Å². The maximum absolute atomic E-state index is 13.8. The van der Waals surface area contributed by atoms with E-state index in [2.05, 4.69) is 10.2 Å². The zero-order valence-electron chi connectivity index (χ0n) is 16.7. The smallest absolute Gasteiger partial charge is 0.254 e. The summed E-state index contributed by atoms with van der Waals surface area (Å²) in [5.41, 5.74) is 0.611. The third-order valence-corrected chi connectivity index (χ3v) is 6.11. The molecule has 4 rings (SSSR count). The van der Waals surface area contributed by atoms with E-state index in [1.807, 2.05) is 12.1 Å². The average molecular weight is 418 g/mol. The van der Waals surface area contributed by atoms with Gasteiger partial charge in [-0.2, -0.15) is 0 Å². The number of hydrogen-bond donors (Lipinski definition) is 1. The molecule has 2 aliphatic rings. The van der Waals surface area contributed by atoms with Gasteiger partial charge in [-0.25, -0.2) is 13.2 Å². The first-order chi connectivity index (χ1) is 14.4. The Balaban J connectivity index is 1.25. The van der Waals surface area contributed by atoms with Crippen LogP contribution in [0.1, 0.15) is 41.6 Å². The van der Waals surface area contributed by atoms with Gasteiger partial charge in [0.05, 0.1) is 17.3 Å². The van der Waals surface area contributed by atoms with Crippen LogP contribution in [-0.4, -0.2) is 42.1 Å². The molecule has 2 fully saturated rings. The number of hydrogen-bond acceptors (Lipinski definition) is 3. The van der Waals surface area contributed by atoms with Crippen LogP contribution in [0.15, 0.2) is 42.5 Å². The first-order valence-electron chi connectivity index (χ1n) is 10.3. The van der Waals surface area contributed by atoms with Crippen molar-refractivity contribution in [2.24, 2.45) is 0 Å². The summed E-state index contributed by atoms with van der Waals surface area (Å²) in [6.45, 7) is 2.85. The topological polar surface area (TPSA) is 41.6 Å². The number of piperidine rings is 1. The van der Waals surface area contributed by atoms with E-state index in [1.54, 1.807) is 0 Å². The zero-order chi connectivity index (χ0) is 21.1. The quantitative estimate of drug-likeness (QED) is 0.797. The van der Waals surface area contributed by atoms with E-state index in [9.17, 15) is 18.0 Å². The standard InChI is InChI=1S/C23H25F3N2O2/c24-17-6-4-16(5-7-17)15-28-12-10-23(11-13-28)9-8-18(30-23)14-27-22(29)19-2-1-3-20(25)21(19)26/h1-7,18H,8-15H2,(H,27,29). The van der Waals surface area contributed by atoms with Crippen LogP contribution in [0.3, 0.4) is 0 Å². The number of amides is 1. The fraction of sp³-hybridized carbons (Fsp3) is 0.435. The van der Waals surface area contributed by atoms with Crippen molar-refractivity contribution >= 4 is 5.91 Å². The lowest BCUT2D eigenvalue weighted by Gasteiger charge is -2.39. The molecule has 2 aromatic rings. The molecule has 7 heteroatoms. The van der Waals surface area contributed by atoms with Crippen LogP contribution in [-0.2, 0) is 11.3 Å². The lowest BCUT2D eigenvalue weighted by Crippen LogP contribution is -2.44. The Morgan fingerprint density at radius 2 is 1.80 bits per heavy atom. The number of halogens is 3. The summed E-state index contributed by atoms with van der Waals surface area (Å²) in [4.78, 5) is 14.5. The van der Waals surface area contributed by atoms with Crippen LogP contribution in [0.5, 0.6) is 0 Å². The summed E-state index contributed by atoms with van der Waals surface area (Å²) < 4.78 is 46.4. The van der Waals surface area contributed by atoms with Gasteiger partial charge in [0.2, 0.25) is 0 Å². The monoisotopic (exact) mass is 418 g/mol. The van der Waals surface area contributed by atoms with Crippen molar-refractivity contribution in [1.82, 2.24) is 10.2 Å². The summed E-state index contributed by atoms with van der Waals surface area (Å²) in [7, 11) is 0. The summed E-state index contributed by atoms with van der Waals surface area (Å²) in [6, 6.07) is 10.1. The largest absolute Gasteiger partial charge is 0.370 e. The fourth-order valence-electron chi connectivity index (χ4n) is 4.35. The molecule has 2 aromatic carbocycles. The van der Waals surface area contributed by atoms with Crippen molar-refractivity contribution in [3.63, 3.8) is 0 Å². The minimum atomic E-state index is -1.13. The van der Waals surface area contributed by atoms with E-state index < -0.39 is 17.5 Å². The van der Waals surface area contributed by atoms with Gasteiger partial charge in [0, 0.05) is 26.2 Å². The number of rotatable bonds is 5. The van der Waals surface area contributed by atoms with E-state index in [4.69, 9.17) is 4.74 Å². The highest BCUT2D eigenvalue weighted by molar-refractivity contribution is 5.94. The van der Waals surface area contributed by atoms with E-state index >= 15 is 0 Å². The summed E-state index contributed by atoms with van der Waals surface area (Å²) >= 11 is 0. The van der Waals surface area contributed by atoms with E-state index in [0.717, 1.165) is 56.9 Å². The van der Waals surface area contributed by atoms with Crippen LogP contribution < -0.4 is 5.32 Å². The second kappa shape index (κ2) is 8.78. The van der Waals surface area contributed by atoms with Gasteiger partial charge in [-0.3, -0.25) is 9.69 Å². The van der Waals surface area contributed by atoms with Crippen LogP contribution in [0.25, 0.3) is 0 Å². The first kappa shape index (κ1) is 20.9. The Labute approximate surface area is 174 Å². The van der Waals surface area contributed by atoms with Crippen LogP contribution in [0.4, 0.5) is 13.2 Å². The van der Waals surface area contributed by atoms with Crippen molar-refractivity contribution in [3.05, 3.63) is 71.0 Å². The Bertz CT molecular complexity index is 896. The third-order valence-electron chi connectivity index (χ3n) is 6.11. The molecule has 0 aromatic heterocycles. The minimum absolute atomic E-state index is 0.130. The summed E-state index contributed by atoms with van der Waals surface area (Å²) in [5.74, 6) is -3.03. The maximum atomic E-state index is 13.8. The van der Waals surface area contributed by atoms with Crippen molar-refractivity contribution in [2.75, 3.05) is 19.6 Å². The van der Waals surface area contributed by atoms with Gasteiger partial charge in [-0.1, -0.05) is 18.2 Å². The highest BCUT2D eigenvalue weighted by Gasteiger charge is 2.42. The second-order valence-corrected chi connectivity index (χ2v) is 8.18. The van der Waals surface area contributed by atoms with Crippen molar-refractivity contribution < 1.29 is 22.7 Å². The van der Waals surface area contributed by atoms with Gasteiger partial charge in [0.15, 0.2) is 11.6 Å². The lowest BCUT2D eigenvalue weighted by molar-refractivity contribution is -0.0764. The number of carbonyl (C=O) groups is 1. The Kier molecular flexibility index (Phi) is 6.11. The molecule has 30 heavy (non-hydrogen) atoms. The zero-order valence-corrected chi connectivity index (χ0v) is 16.7. The van der Waals surface area contributed by atoms with Crippen LogP contribution in [0.2, 0.25) is 0 Å². The molecule has 2 heterocycles. The predicted octanol–water partition coefficient (Wildman–Crippen LogP) is 4.05. The molecule has 0 bridgehead atoms. The Morgan fingerprint density at radius 3 is 2.53 bits per heavy atom. The molecular weight excluding hydrogens is 393 g/mol. The number of benzene rings is 2. The average Bonchev–Trinajstić information content (AvgIpc) is 3.14. The molecule has 2 saturated heterocycles. The van der Waals surface area contributed by atoms with Crippen molar-refractivity contribution in [3.8, 4) is 0 Å². The van der Waals surface area contributed by atoms with Gasteiger partial charge >= 0.3 is 0 Å². The van der Waals surface area contributed by atoms with Crippen molar-refractivity contribution in [1.29, 1.82) is 0 Å². The molecule has 160 valence electrons. The fourth-order valence-corrected chi connectivity index (χ4v) is 4.35. The van der Waals surface area contributed by atoms with Crippen LogP contribution in [0, 0.1) is 17.5 Å². The molecule has 4 nitrogen and oxygen atoms in total. The SMILES string of the molecule is O=C(NCC1CCC2(CCN(Cc3ccc(F)cc3)CC2)O1)c1cccc(F)c1F. The number of nitrogens with one attached hydrogen (secondary N) is 1. The molecule has 1 N–H and O–H groups in total. The normalized spacial score (nSPS) is 21.1. The number of carbonyl (C=O) groups excluding carboxylic acids is 1. The van der Waals surface area contributed by atoms with E-state index in [-0.39, 0.29) is 29.6 Å². The number of likely N-dealkylation sites (tertiary alicyclic amines) is 1. The summed E-state index contributed by atoms with van der Waals surface area (Å²) in [6.07, 6.45) is 3.42. The van der Waals surface area contributed by atoms with Gasteiger partial charge in [-0.05, 0) is 55.5 Å². The molecule has 1 spiro atoms. The van der Waals surface area contributed by atoms with Gasteiger partial charge in [0.25, 0.3) is 5.91 Å². The number of nitrogens with zero attached hydrogens (tertiary/aromatic N) is 1. The molecular formula is C23H25F3N2O2. The Hall–Kier alpha value is -2.38. The second-order valence-electron chi connectivity index (χ2n) is 8.18. The Morgan fingerprint density at radius 1 is 1.07 bits per heavy atom. The lowest BCUT2D eigenvalue weighted by atomic mass is 9.88. The van der Waals surface area contributed by atoms with Gasteiger partial charge in [0.1, 0.15) is 5.82 Å². The molecule has 1 atom stereocenters. The molecule has 2 aliphatic heterocycles. The highest BCUT2D eigenvalue weighted by Crippen LogP contribution is 2.39. The molecule has 1 amide bonds. The number of ether oxygens (including phenoxy) is 1. The van der Waals surface area contributed by atoms with E-state index in [1.165, 1.54) is 24.3 Å². The van der Waals surface area contributed by atoms with Crippen molar-refractivity contribution in [2.45, 2.75) is 43.9 Å². The predicted molar refractivity (Wildman–Crippen MR) is 106 cm³/mol. The minimum Gasteiger partial charge on any atom is -0.370 e. The highest BCUT2D eigenvalue weighted by atomic mass is 19.2. The van der Waals surface area contributed by atoms with E-state index in [0.29, 0.717) is 0 Å². The first-order valence-corrected chi connectivity index (χ1v) is 10.3. The van der Waals surface area contributed by atoms with Crippen LogP contribution >= 0.6 is 0 Å². The molecule has 0 radical (unpaired) electrons. The molecule has 1 unspecified atom stereocenters. The molecule has 0 saturated carbocycles. The third kappa shape index (κ3) is 4.68. The summed E-state index contributed by atoms with van der Waals surface area (Å²) in [5, 5.41) is 2.67.